The highest BCUT2D eigenvalue weighted by Gasteiger charge is 2.33. The quantitative estimate of drug-likeness (QED) is 0.476. The van der Waals surface area contributed by atoms with E-state index in [4.69, 9.17) is 11.6 Å². The van der Waals surface area contributed by atoms with E-state index in [1.807, 2.05) is 10.5 Å². The van der Waals surface area contributed by atoms with Crippen LogP contribution in [-0.4, -0.2) is 26.7 Å². The summed E-state index contributed by atoms with van der Waals surface area (Å²) in [7, 11) is -1.50. The Labute approximate surface area is 124 Å². The molecular formula is C10H10BClIN2O2P. The second kappa shape index (κ2) is 4.91. The molecule has 0 spiro atoms. The first-order valence-electron chi connectivity index (χ1n) is 5.56. The fourth-order valence-electron chi connectivity index (χ4n) is 2.31. The summed E-state index contributed by atoms with van der Waals surface area (Å²) in [5.41, 5.74) is 2.27. The number of halogens is 2. The van der Waals surface area contributed by atoms with Crippen molar-refractivity contribution in [2.45, 2.75) is 18.8 Å². The van der Waals surface area contributed by atoms with Crippen molar-refractivity contribution in [1.29, 1.82) is 0 Å². The van der Waals surface area contributed by atoms with E-state index in [-0.39, 0.29) is 0 Å². The van der Waals surface area contributed by atoms with E-state index in [2.05, 4.69) is 27.1 Å². The first-order valence-corrected chi connectivity index (χ1v) is 10.00. The molecule has 1 saturated carbocycles. The Bertz CT molecular complexity index is 617. The minimum Gasteiger partial charge on any atom is -0.423 e. The number of benzene rings is 1. The maximum Gasteiger partial charge on any atom is 0.489 e. The zero-order chi connectivity index (χ0) is 12.9. The van der Waals surface area contributed by atoms with E-state index in [0.717, 1.165) is 29.3 Å². The van der Waals surface area contributed by atoms with Crippen molar-refractivity contribution in [2.24, 2.45) is 0 Å². The molecule has 1 heterocycles. The van der Waals surface area contributed by atoms with Gasteiger partial charge in [-0.1, -0.05) is 11.6 Å². The van der Waals surface area contributed by atoms with Crippen molar-refractivity contribution in [3.8, 4) is 0 Å². The molecule has 0 saturated heterocycles. The Morgan fingerprint density at radius 1 is 1.50 bits per heavy atom. The van der Waals surface area contributed by atoms with Gasteiger partial charge in [0.25, 0.3) is 0 Å². The van der Waals surface area contributed by atoms with Crippen molar-refractivity contribution in [3.05, 3.63) is 22.8 Å². The molecule has 3 rings (SSSR count). The summed E-state index contributed by atoms with van der Waals surface area (Å²) in [6.45, 7) is 0. The lowest BCUT2D eigenvalue weighted by Gasteiger charge is -2.12. The van der Waals surface area contributed by atoms with Gasteiger partial charge in [-0.05, 0) is 57.9 Å². The van der Waals surface area contributed by atoms with E-state index >= 15 is 0 Å². The summed E-state index contributed by atoms with van der Waals surface area (Å²) in [6, 6.07) is 1.88. The zero-order valence-electron chi connectivity index (χ0n) is 9.27. The van der Waals surface area contributed by atoms with Gasteiger partial charge in [0.15, 0.2) is 0 Å². The summed E-state index contributed by atoms with van der Waals surface area (Å²) in [5.74, 6) is 0.365. The van der Waals surface area contributed by atoms with Crippen molar-refractivity contribution >= 4 is 63.5 Å². The minimum atomic E-state index is -1.50. The second-order valence-corrected chi connectivity index (χ2v) is 6.85. The van der Waals surface area contributed by atoms with E-state index in [0.29, 0.717) is 22.8 Å². The summed E-state index contributed by atoms with van der Waals surface area (Å²) >= 11 is 8.54. The minimum absolute atomic E-state index is 0.365. The second-order valence-electron chi connectivity index (χ2n) is 4.41. The van der Waals surface area contributed by atoms with Crippen LogP contribution in [0.25, 0.3) is 10.9 Å². The predicted molar refractivity (Wildman–Crippen MR) is 84.3 cm³/mol. The normalized spacial score (nSPS) is 16.0. The van der Waals surface area contributed by atoms with Crippen LogP contribution in [0, 0.1) is 0 Å². The molecule has 4 nitrogen and oxygen atoms in total. The van der Waals surface area contributed by atoms with Crippen LogP contribution in [-0.2, 0) is 0 Å². The Morgan fingerprint density at radius 2 is 2.22 bits per heavy atom. The van der Waals surface area contributed by atoms with E-state index in [1.165, 1.54) is 0 Å². The van der Waals surface area contributed by atoms with Crippen LogP contribution in [0.1, 0.15) is 24.3 Å². The standard InChI is InChI=1S/C10H10BClIN2O2P/c12-7-3-8-6(4-14-15(8)18-13)10(11(16)17)9(7)5-1-2-5/h3-5,16-18H,1-2H2. The van der Waals surface area contributed by atoms with Crippen LogP contribution in [0.2, 0.25) is 5.02 Å². The summed E-state index contributed by atoms with van der Waals surface area (Å²) in [4.78, 5) is 0. The molecule has 1 aromatic heterocycles. The largest absolute Gasteiger partial charge is 0.489 e. The van der Waals surface area contributed by atoms with Gasteiger partial charge >= 0.3 is 7.12 Å². The predicted octanol–water partition coefficient (Wildman–Crippen LogP) is 2.04. The molecule has 0 amide bonds. The SMILES string of the molecule is OB(O)c1c(C2CC2)c(Cl)cc2c1cnn2PI. The summed E-state index contributed by atoms with van der Waals surface area (Å²) in [6.07, 6.45) is 4.27. The average Bonchev–Trinajstić information content (AvgIpc) is 3.08. The highest BCUT2D eigenvalue weighted by atomic mass is 127. The Balaban J connectivity index is 2.34. The Kier molecular flexibility index (Phi) is 3.58. The van der Waals surface area contributed by atoms with Crippen molar-refractivity contribution < 1.29 is 10.0 Å². The average molecular weight is 394 g/mol. The van der Waals surface area contributed by atoms with Gasteiger partial charge in [0.1, 0.15) is 0 Å². The molecule has 1 atom stereocenters. The number of aromatic nitrogens is 2. The van der Waals surface area contributed by atoms with Gasteiger partial charge < -0.3 is 10.0 Å². The monoisotopic (exact) mass is 394 g/mol. The Morgan fingerprint density at radius 3 is 2.78 bits per heavy atom. The molecular weight excluding hydrogens is 384 g/mol. The molecule has 1 aromatic carbocycles. The maximum absolute atomic E-state index is 9.65. The number of rotatable bonds is 3. The molecule has 0 bridgehead atoms. The van der Waals surface area contributed by atoms with Gasteiger partial charge in [0, 0.05) is 10.4 Å². The molecule has 1 unspecified atom stereocenters. The smallest absolute Gasteiger partial charge is 0.423 e. The number of hydrogen-bond donors (Lipinski definition) is 2. The van der Waals surface area contributed by atoms with Crippen LogP contribution < -0.4 is 5.46 Å². The molecule has 94 valence electrons. The van der Waals surface area contributed by atoms with Crippen molar-refractivity contribution in [2.75, 3.05) is 0 Å². The van der Waals surface area contributed by atoms with E-state index in [9.17, 15) is 10.0 Å². The zero-order valence-corrected chi connectivity index (χ0v) is 13.2. The molecule has 2 aromatic rings. The first kappa shape index (κ1) is 13.1. The van der Waals surface area contributed by atoms with Gasteiger partial charge in [0.2, 0.25) is 0 Å². The number of fused-ring (bicyclic) bond motifs is 1. The summed E-state index contributed by atoms with van der Waals surface area (Å²) in [5, 5.41) is 25.0. The molecule has 8 heteroatoms. The van der Waals surface area contributed by atoms with Crippen LogP contribution in [0.4, 0.5) is 0 Å². The van der Waals surface area contributed by atoms with Crippen molar-refractivity contribution in [1.82, 2.24) is 9.55 Å². The molecule has 1 aliphatic rings. The lowest BCUT2D eigenvalue weighted by atomic mass is 9.74. The maximum atomic E-state index is 9.65. The van der Waals surface area contributed by atoms with E-state index in [1.54, 1.807) is 6.20 Å². The van der Waals surface area contributed by atoms with Gasteiger partial charge in [-0.25, -0.2) is 4.45 Å². The highest BCUT2D eigenvalue weighted by Crippen LogP contribution is 2.44. The lowest BCUT2D eigenvalue weighted by Crippen LogP contribution is -2.33. The van der Waals surface area contributed by atoms with Gasteiger partial charge in [-0.2, -0.15) is 5.10 Å². The van der Waals surface area contributed by atoms with Gasteiger partial charge in [0.05, 0.1) is 18.1 Å². The van der Waals surface area contributed by atoms with E-state index < -0.39 is 7.12 Å². The molecule has 0 aliphatic heterocycles. The molecule has 2 N–H and O–H groups in total. The molecule has 0 radical (unpaired) electrons. The van der Waals surface area contributed by atoms with Gasteiger partial charge in [-0.3, -0.25) is 0 Å². The third-order valence-corrected chi connectivity index (χ3v) is 5.43. The van der Waals surface area contributed by atoms with Crippen LogP contribution in [0.5, 0.6) is 0 Å². The Hall–Kier alpha value is 0.125. The first-order chi connectivity index (χ1) is 8.63. The molecule has 18 heavy (non-hydrogen) atoms. The molecule has 1 fully saturated rings. The van der Waals surface area contributed by atoms with Crippen LogP contribution >= 0.6 is 40.0 Å². The number of nitrogens with zero attached hydrogens (tertiary/aromatic N) is 2. The lowest BCUT2D eigenvalue weighted by molar-refractivity contribution is 0.426. The fraction of sp³-hybridized carbons (Fsp3) is 0.300. The van der Waals surface area contributed by atoms with Crippen molar-refractivity contribution in [3.63, 3.8) is 0 Å². The van der Waals surface area contributed by atoms with Gasteiger partial charge in [-0.15, -0.1) is 0 Å². The third kappa shape index (κ3) is 2.08. The highest BCUT2D eigenvalue weighted by molar-refractivity contribution is 14.2. The van der Waals surface area contributed by atoms with Crippen LogP contribution in [0.15, 0.2) is 12.3 Å². The number of hydrogen-bond acceptors (Lipinski definition) is 3. The summed E-state index contributed by atoms with van der Waals surface area (Å²) < 4.78 is 1.82. The topological polar surface area (TPSA) is 58.3 Å². The molecule has 1 aliphatic carbocycles. The third-order valence-electron chi connectivity index (χ3n) is 3.23. The fourth-order valence-corrected chi connectivity index (χ4v) is 4.20. The van der Waals surface area contributed by atoms with Crippen LogP contribution in [0.3, 0.4) is 0 Å².